The van der Waals surface area contributed by atoms with Gasteiger partial charge in [-0.05, 0) is 19.8 Å². The van der Waals surface area contributed by atoms with Gasteiger partial charge in [0.05, 0.1) is 6.33 Å². The van der Waals surface area contributed by atoms with E-state index < -0.39 is 15.6 Å². The van der Waals surface area contributed by atoms with Crippen molar-refractivity contribution in [3.05, 3.63) is 12.5 Å². The van der Waals surface area contributed by atoms with Crippen molar-refractivity contribution in [1.82, 2.24) is 14.3 Å². The molecular weight excluding hydrogens is 312 g/mol. The van der Waals surface area contributed by atoms with Crippen LogP contribution in [0.15, 0.2) is 17.6 Å². The molecule has 0 unspecified atom stereocenters. The second-order valence-corrected chi connectivity index (χ2v) is 7.36. The van der Waals surface area contributed by atoms with Crippen LogP contribution in [0.3, 0.4) is 0 Å². The summed E-state index contributed by atoms with van der Waals surface area (Å²) in [5.41, 5.74) is 5.90. The molecule has 21 heavy (non-hydrogen) atoms. The highest BCUT2D eigenvalue weighted by Crippen LogP contribution is 2.24. The van der Waals surface area contributed by atoms with Gasteiger partial charge < -0.3 is 10.3 Å². The van der Waals surface area contributed by atoms with E-state index in [-0.39, 0.29) is 24.0 Å². The van der Waals surface area contributed by atoms with E-state index in [2.05, 4.69) is 9.71 Å². The van der Waals surface area contributed by atoms with Gasteiger partial charge in [0.2, 0.25) is 0 Å². The lowest BCUT2D eigenvalue weighted by atomic mass is 9.92. The van der Waals surface area contributed by atoms with Gasteiger partial charge in [0, 0.05) is 24.8 Å². The summed E-state index contributed by atoms with van der Waals surface area (Å²) in [6, 6.07) is 0. The number of nitrogens with two attached hydrogens (primary N) is 1. The summed E-state index contributed by atoms with van der Waals surface area (Å²) in [4.78, 5) is 3.94. The predicted octanol–water partition coefficient (Wildman–Crippen LogP) is 1.65. The van der Waals surface area contributed by atoms with Gasteiger partial charge in [-0.3, -0.25) is 0 Å². The minimum Gasteiger partial charge on any atom is -0.336 e. The molecule has 2 rings (SSSR count). The molecule has 6 nitrogen and oxygen atoms in total. The average Bonchev–Trinajstić information content (AvgIpc) is 2.81. The summed E-state index contributed by atoms with van der Waals surface area (Å²) in [7, 11) is -3.56. The van der Waals surface area contributed by atoms with E-state index in [0.717, 1.165) is 25.7 Å². The normalized spacial score (nSPS) is 18.8. The number of sulfonamides is 1. The Labute approximate surface area is 133 Å². The summed E-state index contributed by atoms with van der Waals surface area (Å²) in [5.74, 6) is 0. The molecule has 122 valence electrons. The number of nitrogens with one attached hydrogen (secondary N) is 1. The molecule has 8 heteroatoms. The lowest BCUT2D eigenvalue weighted by molar-refractivity contribution is 0.369. The number of hydrogen-bond acceptors (Lipinski definition) is 4. The molecular formula is C13H25ClN4O2S. The Balaban J connectivity index is 0.00000220. The van der Waals surface area contributed by atoms with Gasteiger partial charge in [0.25, 0.3) is 10.0 Å². The van der Waals surface area contributed by atoms with Gasteiger partial charge >= 0.3 is 0 Å². The van der Waals surface area contributed by atoms with Gasteiger partial charge in [0.15, 0.2) is 5.03 Å². The maximum atomic E-state index is 12.2. The number of aromatic nitrogens is 2. The summed E-state index contributed by atoms with van der Waals surface area (Å²) in [5, 5.41) is 0.0663. The Morgan fingerprint density at radius 2 is 1.95 bits per heavy atom. The molecule has 1 saturated carbocycles. The summed E-state index contributed by atoms with van der Waals surface area (Å²) >= 11 is 0. The highest BCUT2D eigenvalue weighted by Gasteiger charge is 2.29. The van der Waals surface area contributed by atoms with Crippen LogP contribution in [0.2, 0.25) is 0 Å². The highest BCUT2D eigenvalue weighted by molar-refractivity contribution is 7.89. The summed E-state index contributed by atoms with van der Waals surface area (Å²) in [6.45, 7) is 2.92. The van der Waals surface area contributed by atoms with Crippen LogP contribution in [-0.4, -0.2) is 30.1 Å². The fourth-order valence-corrected chi connectivity index (χ4v) is 3.66. The second kappa shape index (κ2) is 7.58. The van der Waals surface area contributed by atoms with Crippen molar-refractivity contribution in [2.45, 2.75) is 62.6 Å². The SMILES string of the molecule is CCn1cnc(S(=O)(=O)NCC2(N)CCCCCC2)c1.Cl. The summed E-state index contributed by atoms with van der Waals surface area (Å²) < 4.78 is 28.7. The molecule has 3 N–H and O–H groups in total. The van der Waals surface area contributed by atoms with Gasteiger partial charge in [-0.15, -0.1) is 12.4 Å². The smallest absolute Gasteiger partial charge is 0.259 e. The molecule has 0 bridgehead atoms. The molecule has 1 aliphatic rings. The number of halogens is 1. The van der Waals surface area contributed by atoms with Crippen molar-refractivity contribution in [3.8, 4) is 0 Å². The molecule has 0 amide bonds. The van der Waals surface area contributed by atoms with Crippen LogP contribution < -0.4 is 10.5 Å². The number of rotatable bonds is 5. The number of nitrogens with zero attached hydrogens (tertiary/aromatic N) is 2. The fraction of sp³-hybridized carbons (Fsp3) is 0.769. The van der Waals surface area contributed by atoms with Crippen LogP contribution in [0.1, 0.15) is 45.4 Å². The topological polar surface area (TPSA) is 90.0 Å². The van der Waals surface area contributed by atoms with E-state index in [9.17, 15) is 8.42 Å². The maximum Gasteiger partial charge on any atom is 0.259 e. The standard InChI is InChI=1S/C13H24N4O2S.ClH/c1-2-17-9-12(15-11-17)20(18,19)16-10-13(14)7-5-3-4-6-8-13;/h9,11,16H,2-8,10,14H2,1H3;1H. The van der Waals surface area contributed by atoms with Gasteiger partial charge in [0.1, 0.15) is 0 Å². The van der Waals surface area contributed by atoms with Crippen LogP contribution in [0.25, 0.3) is 0 Å². The van der Waals surface area contributed by atoms with Crippen LogP contribution in [0.5, 0.6) is 0 Å². The zero-order valence-corrected chi connectivity index (χ0v) is 14.0. The number of aryl methyl sites for hydroxylation is 1. The Morgan fingerprint density at radius 3 is 2.48 bits per heavy atom. The molecule has 1 aromatic heterocycles. The van der Waals surface area contributed by atoms with E-state index in [1.54, 1.807) is 10.8 Å². The molecule has 0 saturated heterocycles. The van der Waals surface area contributed by atoms with E-state index in [1.165, 1.54) is 19.2 Å². The Bertz CT molecular complexity index is 536. The van der Waals surface area contributed by atoms with Crippen molar-refractivity contribution >= 4 is 22.4 Å². The van der Waals surface area contributed by atoms with E-state index >= 15 is 0 Å². The maximum absolute atomic E-state index is 12.2. The average molecular weight is 337 g/mol. The van der Waals surface area contributed by atoms with Crippen molar-refractivity contribution in [1.29, 1.82) is 0 Å². The third-order valence-corrected chi connectivity index (χ3v) is 5.25. The first-order chi connectivity index (χ1) is 9.45. The molecule has 0 atom stereocenters. The van der Waals surface area contributed by atoms with E-state index in [4.69, 9.17) is 5.73 Å². The van der Waals surface area contributed by atoms with Gasteiger partial charge in [-0.2, -0.15) is 0 Å². The van der Waals surface area contributed by atoms with Crippen LogP contribution >= 0.6 is 12.4 Å². The fourth-order valence-electron chi connectivity index (χ4n) is 2.57. The number of imidazole rings is 1. The lowest BCUT2D eigenvalue weighted by Crippen LogP contribution is -2.49. The molecule has 0 radical (unpaired) electrons. The first-order valence-electron chi connectivity index (χ1n) is 7.25. The Morgan fingerprint density at radius 1 is 1.33 bits per heavy atom. The number of hydrogen-bond donors (Lipinski definition) is 2. The molecule has 0 aromatic carbocycles. The highest BCUT2D eigenvalue weighted by atomic mass is 35.5. The second-order valence-electron chi connectivity index (χ2n) is 5.64. The van der Waals surface area contributed by atoms with Crippen molar-refractivity contribution < 1.29 is 8.42 Å². The lowest BCUT2D eigenvalue weighted by Gasteiger charge is -2.27. The van der Waals surface area contributed by atoms with Gasteiger partial charge in [-0.1, -0.05) is 25.7 Å². The first kappa shape index (κ1) is 18.4. The zero-order valence-electron chi connectivity index (χ0n) is 12.4. The Hall–Kier alpha value is -0.630. The first-order valence-corrected chi connectivity index (χ1v) is 8.74. The van der Waals surface area contributed by atoms with Gasteiger partial charge in [-0.25, -0.2) is 18.1 Å². The largest absolute Gasteiger partial charge is 0.336 e. The minimum absolute atomic E-state index is 0. The summed E-state index contributed by atoms with van der Waals surface area (Å²) in [6.07, 6.45) is 9.33. The van der Waals surface area contributed by atoms with Crippen molar-refractivity contribution in [2.75, 3.05) is 6.54 Å². The monoisotopic (exact) mass is 336 g/mol. The molecule has 1 fully saturated rings. The third kappa shape index (κ3) is 4.95. The molecule has 0 spiro atoms. The van der Waals surface area contributed by atoms with E-state index in [1.807, 2.05) is 6.92 Å². The minimum atomic E-state index is -3.56. The quantitative estimate of drug-likeness (QED) is 0.800. The zero-order chi connectivity index (χ0) is 14.6. The van der Waals surface area contributed by atoms with Crippen molar-refractivity contribution in [3.63, 3.8) is 0 Å². The molecule has 0 aliphatic heterocycles. The van der Waals surface area contributed by atoms with Crippen LogP contribution in [0, 0.1) is 0 Å². The van der Waals surface area contributed by atoms with Crippen LogP contribution in [-0.2, 0) is 16.6 Å². The molecule has 1 aliphatic carbocycles. The van der Waals surface area contributed by atoms with E-state index in [0.29, 0.717) is 6.54 Å². The van der Waals surface area contributed by atoms with Crippen molar-refractivity contribution in [2.24, 2.45) is 5.73 Å². The Kier molecular flexibility index (Phi) is 6.65. The van der Waals surface area contributed by atoms with Crippen LogP contribution in [0.4, 0.5) is 0 Å². The third-order valence-electron chi connectivity index (χ3n) is 3.96. The molecule has 1 heterocycles. The predicted molar refractivity (Wildman–Crippen MR) is 85.0 cm³/mol. The molecule has 1 aromatic rings.